The van der Waals surface area contributed by atoms with Crippen LogP contribution in [0.3, 0.4) is 0 Å². The first kappa shape index (κ1) is 18.1. The van der Waals surface area contributed by atoms with Gasteiger partial charge in [-0.3, -0.25) is 4.79 Å². The van der Waals surface area contributed by atoms with Crippen molar-refractivity contribution in [3.8, 4) is 16.9 Å². The van der Waals surface area contributed by atoms with E-state index in [1.54, 1.807) is 23.0 Å². The molecule has 0 aliphatic rings. The van der Waals surface area contributed by atoms with Crippen LogP contribution in [0, 0.1) is 5.82 Å². The van der Waals surface area contributed by atoms with Crippen molar-refractivity contribution in [1.82, 2.24) is 15.1 Å². The van der Waals surface area contributed by atoms with Crippen LogP contribution in [-0.2, 0) is 16.1 Å². The zero-order valence-corrected chi connectivity index (χ0v) is 14.1. The van der Waals surface area contributed by atoms with E-state index >= 15 is 0 Å². The molecule has 0 aliphatic carbocycles. The lowest BCUT2D eigenvalue weighted by Gasteiger charge is -2.04. The molecule has 0 radical (unpaired) electrons. The molecule has 0 spiro atoms. The highest BCUT2D eigenvalue weighted by Crippen LogP contribution is 2.24. The molecule has 1 N–H and O–H groups in total. The summed E-state index contributed by atoms with van der Waals surface area (Å²) in [6, 6.07) is 15.3. The van der Waals surface area contributed by atoms with E-state index in [1.807, 2.05) is 30.3 Å². The number of carboxylic acid groups (broad SMARTS) is 1. The van der Waals surface area contributed by atoms with Crippen molar-refractivity contribution in [2.45, 2.75) is 6.54 Å². The fourth-order valence-electron chi connectivity index (χ4n) is 2.49. The number of benzene rings is 2. The number of aromatic nitrogens is 2. The Morgan fingerprint density at radius 2 is 1.78 bits per heavy atom. The van der Waals surface area contributed by atoms with Gasteiger partial charge in [-0.15, -0.1) is 0 Å². The third-order valence-electron chi connectivity index (χ3n) is 3.75. The number of nitrogens with zero attached hydrogens (tertiary/aromatic N) is 2. The molecule has 136 valence electrons. The van der Waals surface area contributed by atoms with Gasteiger partial charge in [0.1, 0.15) is 5.82 Å². The summed E-state index contributed by atoms with van der Waals surface area (Å²) in [6.07, 6.45) is 3.30. The molecule has 1 aromatic heterocycles. The summed E-state index contributed by atoms with van der Waals surface area (Å²) in [5.41, 5.74) is 2.81. The summed E-state index contributed by atoms with van der Waals surface area (Å²) in [5.74, 6) is -2.38. The first-order valence-electron chi connectivity index (χ1n) is 8.10. The minimum atomic E-state index is -1.45. The van der Waals surface area contributed by atoms with Crippen LogP contribution in [0.4, 0.5) is 4.39 Å². The van der Waals surface area contributed by atoms with Gasteiger partial charge in [-0.25, -0.2) is 9.07 Å². The summed E-state index contributed by atoms with van der Waals surface area (Å²) < 4.78 is 14.9. The maximum absolute atomic E-state index is 13.2. The molecule has 0 saturated heterocycles. The Balaban J connectivity index is 1.90. The van der Waals surface area contributed by atoms with Gasteiger partial charge in [-0.05, 0) is 42.5 Å². The number of nitrogens with one attached hydrogen (secondary N) is 1. The molecular formula is C20H15FN3O3-. The second-order valence-electron chi connectivity index (χ2n) is 5.66. The van der Waals surface area contributed by atoms with E-state index in [0.29, 0.717) is 22.9 Å². The zero-order valence-electron chi connectivity index (χ0n) is 14.1. The average molecular weight is 364 g/mol. The topological polar surface area (TPSA) is 87.0 Å². The van der Waals surface area contributed by atoms with Gasteiger partial charge in [0, 0.05) is 29.9 Å². The van der Waals surface area contributed by atoms with E-state index in [4.69, 9.17) is 0 Å². The van der Waals surface area contributed by atoms with Crippen LogP contribution in [0.5, 0.6) is 0 Å². The molecule has 0 saturated carbocycles. The van der Waals surface area contributed by atoms with E-state index in [1.165, 1.54) is 12.1 Å². The normalized spacial score (nSPS) is 10.9. The molecule has 3 aromatic rings. The zero-order chi connectivity index (χ0) is 19.2. The number of halogens is 1. The van der Waals surface area contributed by atoms with E-state index in [0.717, 1.165) is 11.8 Å². The van der Waals surface area contributed by atoms with Gasteiger partial charge in [0.15, 0.2) is 0 Å². The van der Waals surface area contributed by atoms with Gasteiger partial charge in [-0.1, -0.05) is 18.2 Å². The molecule has 0 aliphatic heterocycles. The van der Waals surface area contributed by atoms with E-state index in [9.17, 15) is 19.1 Å². The van der Waals surface area contributed by atoms with Gasteiger partial charge in [0.05, 0.1) is 17.4 Å². The maximum atomic E-state index is 13.2. The molecule has 27 heavy (non-hydrogen) atoms. The third kappa shape index (κ3) is 4.66. The van der Waals surface area contributed by atoms with Crippen LogP contribution in [0.1, 0.15) is 5.56 Å². The van der Waals surface area contributed by atoms with Crippen molar-refractivity contribution < 1.29 is 19.1 Å². The van der Waals surface area contributed by atoms with Gasteiger partial charge >= 0.3 is 0 Å². The van der Waals surface area contributed by atoms with Crippen molar-refractivity contribution in [2.75, 3.05) is 0 Å². The number of hydrogen-bond acceptors (Lipinski definition) is 4. The van der Waals surface area contributed by atoms with Gasteiger partial charge in [0.2, 0.25) is 5.91 Å². The predicted octanol–water partition coefficient (Wildman–Crippen LogP) is 1.60. The largest absolute Gasteiger partial charge is 0.545 e. The number of amides is 1. The SMILES string of the molecule is O=C([O-])/C=C/C(=O)NCc1cn(-c2ccccc2)nc1-c1ccc(F)cc1. The maximum Gasteiger partial charge on any atom is 0.244 e. The van der Waals surface area contributed by atoms with E-state index in [-0.39, 0.29) is 12.4 Å². The monoisotopic (exact) mass is 364 g/mol. The van der Waals surface area contributed by atoms with Crippen molar-refractivity contribution in [3.63, 3.8) is 0 Å². The van der Waals surface area contributed by atoms with E-state index in [2.05, 4.69) is 10.4 Å². The summed E-state index contributed by atoms with van der Waals surface area (Å²) in [7, 11) is 0. The molecule has 1 heterocycles. The Morgan fingerprint density at radius 1 is 1.07 bits per heavy atom. The van der Waals surface area contributed by atoms with Crippen molar-refractivity contribution in [1.29, 1.82) is 0 Å². The lowest BCUT2D eigenvalue weighted by atomic mass is 10.1. The summed E-state index contributed by atoms with van der Waals surface area (Å²) >= 11 is 0. The molecule has 2 aromatic carbocycles. The van der Waals surface area contributed by atoms with Crippen molar-refractivity contribution in [2.24, 2.45) is 0 Å². The Morgan fingerprint density at radius 3 is 2.44 bits per heavy atom. The highest BCUT2D eigenvalue weighted by atomic mass is 19.1. The molecule has 6 nitrogen and oxygen atoms in total. The van der Waals surface area contributed by atoms with Crippen LogP contribution in [0.25, 0.3) is 16.9 Å². The molecule has 1 amide bonds. The Bertz CT molecular complexity index is 979. The van der Waals surface area contributed by atoms with E-state index < -0.39 is 11.9 Å². The number of aliphatic carboxylic acids is 1. The molecule has 7 heteroatoms. The van der Waals surface area contributed by atoms with Crippen molar-refractivity contribution >= 4 is 11.9 Å². The third-order valence-corrected chi connectivity index (χ3v) is 3.75. The number of carbonyl (C=O) groups is 2. The lowest BCUT2D eigenvalue weighted by molar-refractivity contribution is -0.297. The Kier molecular flexibility index (Phi) is 5.41. The van der Waals surface area contributed by atoms with Gasteiger partial charge in [-0.2, -0.15) is 5.10 Å². The lowest BCUT2D eigenvalue weighted by Crippen LogP contribution is -2.23. The second kappa shape index (κ2) is 8.09. The van der Waals surface area contributed by atoms with Gasteiger partial charge < -0.3 is 15.2 Å². The Hall–Kier alpha value is -3.74. The molecule has 0 fully saturated rings. The molecular weight excluding hydrogens is 349 g/mol. The highest BCUT2D eigenvalue weighted by molar-refractivity contribution is 5.93. The van der Waals surface area contributed by atoms with Crippen LogP contribution < -0.4 is 10.4 Å². The highest BCUT2D eigenvalue weighted by Gasteiger charge is 2.13. The summed E-state index contributed by atoms with van der Waals surface area (Å²) in [4.78, 5) is 22.1. The Labute approximate surface area is 154 Å². The smallest absolute Gasteiger partial charge is 0.244 e. The standard InChI is InChI=1S/C20H16FN3O3/c21-16-8-6-14(7-9-16)20-15(12-22-18(25)10-11-19(26)27)13-24(23-20)17-4-2-1-3-5-17/h1-11,13H,12H2,(H,22,25)(H,26,27)/p-1/b11-10+. The number of carboxylic acids is 1. The number of rotatable bonds is 6. The number of hydrogen-bond donors (Lipinski definition) is 1. The average Bonchev–Trinajstić information content (AvgIpc) is 3.10. The first-order valence-corrected chi connectivity index (χ1v) is 8.10. The van der Waals surface area contributed by atoms with Crippen LogP contribution >= 0.6 is 0 Å². The summed E-state index contributed by atoms with van der Waals surface area (Å²) in [5, 5.41) is 17.5. The molecule has 0 bridgehead atoms. The first-order chi connectivity index (χ1) is 13.0. The number of para-hydroxylation sites is 1. The fraction of sp³-hybridized carbons (Fsp3) is 0.0500. The minimum Gasteiger partial charge on any atom is -0.545 e. The fourth-order valence-corrected chi connectivity index (χ4v) is 2.49. The predicted molar refractivity (Wildman–Crippen MR) is 95.0 cm³/mol. The van der Waals surface area contributed by atoms with Crippen molar-refractivity contribution in [3.05, 3.63) is 84.3 Å². The van der Waals surface area contributed by atoms with Crippen LogP contribution in [0.15, 0.2) is 72.9 Å². The minimum absolute atomic E-state index is 0.121. The summed E-state index contributed by atoms with van der Waals surface area (Å²) in [6.45, 7) is 0.121. The quantitative estimate of drug-likeness (QED) is 0.673. The molecule has 3 rings (SSSR count). The van der Waals surface area contributed by atoms with Gasteiger partial charge in [0.25, 0.3) is 0 Å². The van der Waals surface area contributed by atoms with Crippen LogP contribution in [-0.4, -0.2) is 21.7 Å². The second-order valence-corrected chi connectivity index (χ2v) is 5.66. The molecule has 0 atom stereocenters. The van der Waals surface area contributed by atoms with Crippen LogP contribution in [0.2, 0.25) is 0 Å². The molecule has 0 unspecified atom stereocenters. The number of carbonyl (C=O) groups excluding carboxylic acids is 2.